The summed E-state index contributed by atoms with van der Waals surface area (Å²) >= 11 is 1.47. The van der Waals surface area contributed by atoms with Gasteiger partial charge in [0.25, 0.3) is 0 Å². The van der Waals surface area contributed by atoms with Crippen LogP contribution < -0.4 is 5.73 Å². The predicted octanol–water partition coefficient (Wildman–Crippen LogP) is -0.609. The van der Waals surface area contributed by atoms with Crippen LogP contribution in [0, 0.1) is 0 Å². The average molecular weight is 297 g/mol. The molecule has 9 heteroatoms. The highest BCUT2D eigenvalue weighted by molar-refractivity contribution is 7.99. The van der Waals surface area contributed by atoms with Crippen molar-refractivity contribution in [2.45, 2.75) is 23.7 Å². The smallest absolute Gasteiger partial charge is 0.167 e. The maximum Gasteiger partial charge on any atom is 0.167 e. The van der Waals surface area contributed by atoms with Crippen LogP contribution in [0.1, 0.15) is 6.23 Å². The van der Waals surface area contributed by atoms with E-state index in [-0.39, 0.29) is 11.9 Å². The number of hydrogen-bond donors (Lipinski definition) is 3. The summed E-state index contributed by atoms with van der Waals surface area (Å²) in [5.41, 5.74) is 6.80. The van der Waals surface area contributed by atoms with Crippen LogP contribution in [-0.2, 0) is 4.74 Å². The van der Waals surface area contributed by atoms with Gasteiger partial charge in [-0.25, -0.2) is 15.0 Å². The SMILES string of the molecule is CS[C@H]1[C@H](O)[C@@H](CO)O[C@H]1n1cnc2c(N)ncnc21. The van der Waals surface area contributed by atoms with Gasteiger partial charge in [0.15, 0.2) is 17.7 Å². The maximum absolute atomic E-state index is 10.1. The number of hydrogen-bond acceptors (Lipinski definition) is 8. The van der Waals surface area contributed by atoms with E-state index in [1.807, 2.05) is 6.26 Å². The van der Waals surface area contributed by atoms with E-state index in [2.05, 4.69) is 15.0 Å². The van der Waals surface area contributed by atoms with Crippen LogP contribution in [0.5, 0.6) is 0 Å². The molecule has 4 N–H and O–H groups in total. The molecule has 0 saturated carbocycles. The van der Waals surface area contributed by atoms with E-state index in [1.165, 1.54) is 18.1 Å². The van der Waals surface area contributed by atoms with E-state index in [1.54, 1.807) is 10.9 Å². The molecular formula is C11H15N5O3S. The molecule has 1 aliphatic heterocycles. The topological polar surface area (TPSA) is 119 Å². The molecule has 0 bridgehead atoms. The van der Waals surface area contributed by atoms with Gasteiger partial charge in [-0.15, -0.1) is 0 Å². The fourth-order valence-corrected chi connectivity index (χ4v) is 3.29. The number of nitrogens with two attached hydrogens (primary N) is 1. The summed E-state index contributed by atoms with van der Waals surface area (Å²) in [6, 6.07) is 0. The normalized spacial score (nSPS) is 30.1. The van der Waals surface area contributed by atoms with Crippen LogP contribution in [0.4, 0.5) is 5.82 Å². The highest BCUT2D eigenvalue weighted by atomic mass is 32.2. The van der Waals surface area contributed by atoms with Crippen molar-refractivity contribution >= 4 is 28.7 Å². The number of aliphatic hydroxyl groups is 2. The van der Waals surface area contributed by atoms with Gasteiger partial charge in [-0.05, 0) is 6.26 Å². The minimum Gasteiger partial charge on any atom is -0.394 e. The number of anilines is 1. The molecule has 0 amide bonds. The van der Waals surface area contributed by atoms with E-state index in [4.69, 9.17) is 10.5 Å². The molecule has 4 atom stereocenters. The first-order valence-electron chi connectivity index (χ1n) is 6.07. The van der Waals surface area contributed by atoms with E-state index < -0.39 is 18.4 Å². The van der Waals surface area contributed by atoms with Crippen molar-refractivity contribution in [3.05, 3.63) is 12.7 Å². The molecule has 8 nitrogen and oxygen atoms in total. The molecule has 3 rings (SSSR count). The van der Waals surface area contributed by atoms with Crippen LogP contribution >= 0.6 is 11.8 Å². The Labute approximate surface area is 119 Å². The molecule has 1 aliphatic rings. The van der Waals surface area contributed by atoms with Crippen molar-refractivity contribution in [1.29, 1.82) is 0 Å². The second kappa shape index (κ2) is 5.17. The first kappa shape index (κ1) is 13.6. The number of aliphatic hydroxyl groups excluding tert-OH is 2. The zero-order chi connectivity index (χ0) is 14.3. The summed E-state index contributed by atoms with van der Waals surface area (Å²) in [5.74, 6) is 0.298. The third kappa shape index (κ3) is 1.94. The Balaban J connectivity index is 2.04. The van der Waals surface area contributed by atoms with Gasteiger partial charge in [-0.2, -0.15) is 11.8 Å². The number of nitrogen functional groups attached to an aromatic ring is 1. The van der Waals surface area contributed by atoms with Gasteiger partial charge in [0.2, 0.25) is 0 Å². The molecule has 0 aromatic carbocycles. The summed E-state index contributed by atoms with van der Waals surface area (Å²) < 4.78 is 7.44. The van der Waals surface area contributed by atoms with E-state index in [0.29, 0.717) is 17.0 Å². The first-order valence-corrected chi connectivity index (χ1v) is 7.36. The van der Waals surface area contributed by atoms with Crippen molar-refractivity contribution in [2.24, 2.45) is 0 Å². The highest BCUT2D eigenvalue weighted by Gasteiger charge is 2.44. The molecule has 0 spiro atoms. The van der Waals surface area contributed by atoms with Gasteiger partial charge in [-0.3, -0.25) is 4.57 Å². The largest absolute Gasteiger partial charge is 0.394 e. The average Bonchev–Trinajstić information content (AvgIpc) is 3.00. The van der Waals surface area contributed by atoms with Crippen LogP contribution in [-0.4, -0.2) is 60.1 Å². The zero-order valence-electron chi connectivity index (χ0n) is 10.7. The van der Waals surface area contributed by atoms with Crippen LogP contribution in [0.3, 0.4) is 0 Å². The monoisotopic (exact) mass is 297 g/mol. The van der Waals surface area contributed by atoms with Gasteiger partial charge in [-0.1, -0.05) is 0 Å². The second-order valence-corrected chi connectivity index (χ2v) is 5.54. The van der Waals surface area contributed by atoms with Gasteiger partial charge in [0.1, 0.15) is 17.9 Å². The Morgan fingerprint density at radius 2 is 2.25 bits per heavy atom. The summed E-state index contributed by atoms with van der Waals surface area (Å²) in [7, 11) is 0. The number of thioether (sulfide) groups is 1. The van der Waals surface area contributed by atoms with Crippen LogP contribution in [0.25, 0.3) is 11.2 Å². The van der Waals surface area contributed by atoms with E-state index in [0.717, 1.165) is 0 Å². The Bertz CT molecular complexity index is 621. The third-order valence-corrected chi connectivity index (χ3v) is 4.48. The molecule has 0 unspecified atom stereocenters. The lowest BCUT2D eigenvalue weighted by atomic mass is 10.2. The lowest BCUT2D eigenvalue weighted by Gasteiger charge is -2.19. The molecule has 0 radical (unpaired) electrons. The minimum atomic E-state index is -0.753. The molecule has 2 aromatic rings. The highest BCUT2D eigenvalue weighted by Crippen LogP contribution is 2.37. The second-order valence-electron chi connectivity index (χ2n) is 4.52. The number of aromatic nitrogens is 4. The van der Waals surface area contributed by atoms with Crippen molar-refractivity contribution in [3.63, 3.8) is 0 Å². The number of nitrogens with zero attached hydrogens (tertiary/aromatic N) is 4. The Kier molecular flexibility index (Phi) is 3.50. The number of rotatable bonds is 3. The van der Waals surface area contributed by atoms with Crippen LogP contribution in [0.2, 0.25) is 0 Å². The summed E-state index contributed by atoms with van der Waals surface area (Å²) in [5, 5.41) is 19.2. The fraction of sp³-hybridized carbons (Fsp3) is 0.545. The van der Waals surface area contributed by atoms with E-state index >= 15 is 0 Å². The maximum atomic E-state index is 10.1. The Morgan fingerprint density at radius 1 is 1.45 bits per heavy atom. The predicted molar refractivity (Wildman–Crippen MR) is 74.0 cm³/mol. The molecule has 1 fully saturated rings. The molecule has 108 valence electrons. The number of ether oxygens (including phenoxy) is 1. The summed E-state index contributed by atoms with van der Waals surface area (Å²) in [4.78, 5) is 12.2. The van der Waals surface area contributed by atoms with Crippen LogP contribution in [0.15, 0.2) is 12.7 Å². The lowest BCUT2D eigenvalue weighted by Crippen LogP contribution is -2.31. The molecule has 3 heterocycles. The minimum absolute atomic E-state index is 0.222. The molecule has 1 saturated heterocycles. The quantitative estimate of drug-likeness (QED) is 0.686. The van der Waals surface area contributed by atoms with Gasteiger partial charge in [0.05, 0.1) is 24.3 Å². The van der Waals surface area contributed by atoms with Crippen molar-refractivity contribution in [1.82, 2.24) is 19.5 Å². The van der Waals surface area contributed by atoms with Crippen molar-refractivity contribution < 1.29 is 14.9 Å². The standard InChI is InChI=1S/C11H15N5O3S/c1-20-8-7(18)5(2-17)19-11(8)16-4-15-6-9(12)13-3-14-10(6)16/h3-5,7-8,11,17-18H,2H2,1H3,(H2,12,13,14)/t5-,7-,8+,11-/m1/s1. The third-order valence-electron chi connectivity index (χ3n) is 3.43. The van der Waals surface area contributed by atoms with Gasteiger partial charge in [0, 0.05) is 0 Å². The number of fused-ring (bicyclic) bond motifs is 1. The molecule has 2 aromatic heterocycles. The van der Waals surface area contributed by atoms with Gasteiger partial charge >= 0.3 is 0 Å². The Hall–Kier alpha value is -1.42. The van der Waals surface area contributed by atoms with E-state index in [9.17, 15) is 10.2 Å². The fourth-order valence-electron chi connectivity index (χ4n) is 2.40. The summed E-state index contributed by atoms with van der Waals surface area (Å²) in [6.07, 6.45) is 2.98. The number of imidazole rings is 1. The first-order chi connectivity index (χ1) is 9.67. The summed E-state index contributed by atoms with van der Waals surface area (Å²) in [6.45, 7) is -0.238. The molecular weight excluding hydrogens is 282 g/mol. The lowest BCUT2D eigenvalue weighted by molar-refractivity contribution is -0.0430. The van der Waals surface area contributed by atoms with Crippen molar-refractivity contribution in [2.75, 3.05) is 18.6 Å². The molecule has 0 aliphatic carbocycles. The van der Waals surface area contributed by atoms with Gasteiger partial charge < -0.3 is 20.7 Å². The van der Waals surface area contributed by atoms with Crippen molar-refractivity contribution in [3.8, 4) is 0 Å². The molecule has 20 heavy (non-hydrogen) atoms. The zero-order valence-corrected chi connectivity index (χ0v) is 11.6. The Morgan fingerprint density at radius 3 is 2.95 bits per heavy atom.